The highest BCUT2D eigenvalue weighted by Gasteiger charge is 2.13. The predicted molar refractivity (Wildman–Crippen MR) is 52.2 cm³/mol. The molecule has 1 atom stereocenters. The maximum Gasteiger partial charge on any atom is 0.322 e. The molecule has 1 amide bonds. The fourth-order valence-electron chi connectivity index (χ4n) is 0.895. The van der Waals surface area contributed by atoms with E-state index in [1.165, 1.54) is 24.5 Å². The number of amides is 1. The van der Waals surface area contributed by atoms with E-state index in [-0.39, 0.29) is 12.5 Å². The van der Waals surface area contributed by atoms with Gasteiger partial charge in [-0.25, -0.2) is 0 Å². The molecular formula is C9H11N3O3. The molecule has 1 rings (SSSR count). The Morgan fingerprint density at radius 3 is 2.60 bits per heavy atom. The quantitative estimate of drug-likeness (QED) is 0.603. The molecule has 0 aliphatic carbocycles. The minimum absolute atomic E-state index is 0.101. The molecule has 0 aliphatic rings. The van der Waals surface area contributed by atoms with Crippen molar-refractivity contribution in [1.82, 2.24) is 10.3 Å². The number of nitrogens with two attached hydrogens (primary N) is 1. The van der Waals surface area contributed by atoms with Crippen molar-refractivity contribution in [2.45, 2.75) is 6.04 Å². The maximum absolute atomic E-state index is 11.4. The third-order valence-corrected chi connectivity index (χ3v) is 1.74. The van der Waals surface area contributed by atoms with Gasteiger partial charge in [-0.05, 0) is 12.1 Å². The number of pyridine rings is 1. The Hall–Kier alpha value is -1.95. The largest absolute Gasteiger partial charge is 0.480 e. The van der Waals surface area contributed by atoms with Crippen molar-refractivity contribution in [2.75, 3.05) is 6.54 Å². The van der Waals surface area contributed by atoms with Gasteiger partial charge in [-0.1, -0.05) is 0 Å². The Balaban J connectivity index is 2.47. The van der Waals surface area contributed by atoms with Crippen molar-refractivity contribution >= 4 is 11.9 Å². The minimum atomic E-state index is -1.15. The molecule has 1 aromatic rings. The summed E-state index contributed by atoms with van der Waals surface area (Å²) in [5.74, 6) is -1.51. The molecule has 6 heteroatoms. The molecule has 0 radical (unpaired) electrons. The Labute approximate surface area is 86.1 Å². The second kappa shape index (κ2) is 5.06. The first-order valence-corrected chi connectivity index (χ1v) is 4.28. The number of aliphatic carboxylic acids is 1. The van der Waals surface area contributed by atoms with Crippen LogP contribution >= 0.6 is 0 Å². The molecule has 0 unspecified atom stereocenters. The van der Waals surface area contributed by atoms with E-state index in [1.807, 2.05) is 0 Å². The predicted octanol–water partition coefficient (Wildman–Crippen LogP) is -0.777. The van der Waals surface area contributed by atoms with Gasteiger partial charge in [-0.15, -0.1) is 0 Å². The van der Waals surface area contributed by atoms with Crippen molar-refractivity contribution in [3.63, 3.8) is 0 Å². The zero-order chi connectivity index (χ0) is 11.3. The summed E-state index contributed by atoms with van der Waals surface area (Å²) >= 11 is 0. The second-order valence-electron chi connectivity index (χ2n) is 2.89. The summed E-state index contributed by atoms with van der Waals surface area (Å²) in [5.41, 5.74) is 5.64. The Kier molecular flexibility index (Phi) is 3.75. The van der Waals surface area contributed by atoms with Gasteiger partial charge in [0.25, 0.3) is 5.91 Å². The van der Waals surface area contributed by atoms with E-state index in [9.17, 15) is 9.59 Å². The highest BCUT2D eigenvalue weighted by molar-refractivity contribution is 5.94. The number of carboxylic acid groups (broad SMARTS) is 1. The van der Waals surface area contributed by atoms with Gasteiger partial charge in [0.1, 0.15) is 6.04 Å². The molecule has 1 heterocycles. The van der Waals surface area contributed by atoms with E-state index >= 15 is 0 Å². The molecule has 4 N–H and O–H groups in total. The lowest BCUT2D eigenvalue weighted by atomic mass is 10.2. The highest BCUT2D eigenvalue weighted by Crippen LogP contribution is 1.95. The molecule has 0 saturated heterocycles. The molecule has 0 spiro atoms. The van der Waals surface area contributed by atoms with Crippen molar-refractivity contribution < 1.29 is 14.7 Å². The number of carboxylic acids is 1. The Morgan fingerprint density at radius 1 is 1.47 bits per heavy atom. The standard InChI is InChI=1S/C9H11N3O3/c10-7(9(14)15)5-12-8(13)6-1-3-11-4-2-6/h1-4,7H,5,10H2,(H,12,13)(H,14,15)/t7-/m0/s1. The molecule has 0 aromatic carbocycles. The number of hydrogen-bond donors (Lipinski definition) is 3. The van der Waals surface area contributed by atoms with Crippen molar-refractivity contribution in [1.29, 1.82) is 0 Å². The summed E-state index contributed by atoms with van der Waals surface area (Å²) in [4.78, 5) is 25.5. The minimum Gasteiger partial charge on any atom is -0.480 e. The number of hydrogen-bond acceptors (Lipinski definition) is 4. The molecule has 0 bridgehead atoms. The van der Waals surface area contributed by atoms with E-state index in [2.05, 4.69) is 10.3 Å². The first kappa shape index (κ1) is 11.1. The van der Waals surface area contributed by atoms with E-state index in [4.69, 9.17) is 10.8 Å². The summed E-state index contributed by atoms with van der Waals surface area (Å²) < 4.78 is 0. The van der Waals surface area contributed by atoms with Crippen LogP contribution in [0.5, 0.6) is 0 Å². The third-order valence-electron chi connectivity index (χ3n) is 1.74. The van der Waals surface area contributed by atoms with Crippen LogP contribution in [0.1, 0.15) is 10.4 Å². The molecule has 0 saturated carbocycles. The van der Waals surface area contributed by atoms with Crippen LogP contribution in [0.25, 0.3) is 0 Å². The molecule has 15 heavy (non-hydrogen) atoms. The summed E-state index contributed by atoms with van der Waals surface area (Å²) in [6.45, 7) is -0.101. The van der Waals surface area contributed by atoms with Crippen LogP contribution in [-0.2, 0) is 4.79 Å². The highest BCUT2D eigenvalue weighted by atomic mass is 16.4. The Morgan fingerprint density at radius 2 is 2.07 bits per heavy atom. The fraction of sp³-hybridized carbons (Fsp3) is 0.222. The van der Waals surface area contributed by atoms with Crippen LogP contribution in [0.15, 0.2) is 24.5 Å². The lowest BCUT2D eigenvalue weighted by Crippen LogP contribution is -2.42. The van der Waals surface area contributed by atoms with Gasteiger partial charge in [0.15, 0.2) is 0 Å². The SMILES string of the molecule is N[C@@H](CNC(=O)c1ccncc1)C(=O)O. The first-order valence-electron chi connectivity index (χ1n) is 4.28. The summed E-state index contributed by atoms with van der Waals surface area (Å²) in [6.07, 6.45) is 2.96. The number of carbonyl (C=O) groups excluding carboxylic acids is 1. The van der Waals surface area contributed by atoms with Gasteiger partial charge in [0.2, 0.25) is 0 Å². The second-order valence-corrected chi connectivity index (χ2v) is 2.89. The summed E-state index contributed by atoms with van der Waals surface area (Å²) in [7, 11) is 0. The zero-order valence-electron chi connectivity index (χ0n) is 7.88. The number of carbonyl (C=O) groups is 2. The van der Waals surface area contributed by atoms with Gasteiger partial charge < -0.3 is 16.2 Å². The summed E-state index contributed by atoms with van der Waals surface area (Å²) in [5, 5.41) is 10.9. The van der Waals surface area contributed by atoms with Crippen LogP contribution in [-0.4, -0.2) is 34.6 Å². The molecule has 0 aliphatic heterocycles. The number of nitrogens with one attached hydrogen (secondary N) is 1. The van der Waals surface area contributed by atoms with E-state index in [1.54, 1.807) is 0 Å². The third kappa shape index (κ3) is 3.35. The fourth-order valence-corrected chi connectivity index (χ4v) is 0.895. The lowest BCUT2D eigenvalue weighted by Gasteiger charge is -2.07. The van der Waals surface area contributed by atoms with E-state index < -0.39 is 12.0 Å². The van der Waals surface area contributed by atoms with Gasteiger partial charge in [0.05, 0.1) is 0 Å². The molecular weight excluding hydrogens is 198 g/mol. The Bertz CT molecular complexity index is 353. The molecule has 80 valence electrons. The van der Waals surface area contributed by atoms with Crippen molar-refractivity contribution in [3.8, 4) is 0 Å². The number of aromatic nitrogens is 1. The lowest BCUT2D eigenvalue weighted by molar-refractivity contribution is -0.138. The van der Waals surface area contributed by atoms with Gasteiger partial charge in [0, 0.05) is 24.5 Å². The topological polar surface area (TPSA) is 105 Å². The maximum atomic E-state index is 11.4. The van der Waals surface area contributed by atoms with Crippen molar-refractivity contribution in [3.05, 3.63) is 30.1 Å². The molecule has 6 nitrogen and oxygen atoms in total. The summed E-state index contributed by atoms with van der Waals surface area (Å²) in [6, 6.07) is 1.97. The van der Waals surface area contributed by atoms with Gasteiger partial charge in [-0.2, -0.15) is 0 Å². The average Bonchev–Trinajstić information content (AvgIpc) is 2.26. The van der Waals surface area contributed by atoms with Crippen LogP contribution < -0.4 is 11.1 Å². The average molecular weight is 209 g/mol. The van der Waals surface area contributed by atoms with Crippen LogP contribution in [0.4, 0.5) is 0 Å². The number of rotatable bonds is 4. The van der Waals surface area contributed by atoms with Crippen LogP contribution in [0, 0.1) is 0 Å². The smallest absolute Gasteiger partial charge is 0.322 e. The first-order chi connectivity index (χ1) is 7.11. The van der Waals surface area contributed by atoms with E-state index in [0.29, 0.717) is 5.56 Å². The van der Waals surface area contributed by atoms with Crippen LogP contribution in [0.3, 0.4) is 0 Å². The molecule has 1 aromatic heterocycles. The normalized spacial score (nSPS) is 11.8. The zero-order valence-corrected chi connectivity index (χ0v) is 7.88. The number of nitrogens with zero attached hydrogens (tertiary/aromatic N) is 1. The monoisotopic (exact) mass is 209 g/mol. The molecule has 0 fully saturated rings. The van der Waals surface area contributed by atoms with Crippen molar-refractivity contribution in [2.24, 2.45) is 5.73 Å². The van der Waals surface area contributed by atoms with Gasteiger partial charge >= 0.3 is 5.97 Å². The van der Waals surface area contributed by atoms with E-state index in [0.717, 1.165) is 0 Å². The van der Waals surface area contributed by atoms with Gasteiger partial charge in [-0.3, -0.25) is 14.6 Å². The van der Waals surface area contributed by atoms with Crippen LogP contribution in [0.2, 0.25) is 0 Å².